The Hall–Kier alpha value is -3.06. The highest BCUT2D eigenvalue weighted by Gasteiger charge is 2.52. The van der Waals surface area contributed by atoms with E-state index in [2.05, 4.69) is 29.6 Å². The Labute approximate surface area is 230 Å². The number of carbonyl (C=O) groups is 1. The minimum absolute atomic E-state index is 0.000644. The minimum Gasteiger partial charge on any atom is -0.449 e. The van der Waals surface area contributed by atoms with Crippen molar-refractivity contribution in [3.8, 4) is 11.1 Å². The number of alkyl carbamates (subject to hydrolysis) is 1. The van der Waals surface area contributed by atoms with E-state index in [9.17, 15) is 4.79 Å². The molecular weight excluding hydrogens is 497 g/mol. The molecule has 1 fully saturated rings. The molecular formula is C31H33BClNO4. The number of hydrogen-bond acceptors (Lipinski definition) is 4. The highest BCUT2D eigenvalue weighted by molar-refractivity contribution is 6.56. The number of hydrogen-bond donors (Lipinski definition) is 1. The van der Waals surface area contributed by atoms with E-state index in [1.54, 1.807) is 0 Å². The number of nitrogens with one attached hydrogen (secondary N) is 1. The maximum Gasteiger partial charge on any atom is 0.492 e. The molecule has 1 amide bonds. The van der Waals surface area contributed by atoms with E-state index in [0.29, 0.717) is 5.02 Å². The fraction of sp³-hybridized carbons (Fsp3) is 0.323. The predicted octanol–water partition coefficient (Wildman–Crippen LogP) is 7.20. The van der Waals surface area contributed by atoms with Crippen LogP contribution < -0.4 is 5.32 Å². The molecule has 0 aromatic heterocycles. The number of ether oxygens (including phenoxy) is 1. The fourth-order valence-corrected chi connectivity index (χ4v) is 5.38. The molecule has 3 aromatic carbocycles. The van der Waals surface area contributed by atoms with Gasteiger partial charge in [0.05, 0.1) is 11.2 Å². The standard InChI is InChI=1S/C31H33BClNO4/c1-20-14-21(17-23(33)15-20)16-22(32-37-30(2,3)31(4,5)38-32)18-34-29(35)36-19-28-26-12-8-6-10-24(26)25-11-7-9-13-27(25)28/h6-17,28H,18-19H2,1-5H3,(H,34,35). The second-order valence-electron chi connectivity index (χ2n) is 11.0. The second-order valence-corrected chi connectivity index (χ2v) is 11.5. The smallest absolute Gasteiger partial charge is 0.449 e. The zero-order chi connectivity index (χ0) is 27.1. The van der Waals surface area contributed by atoms with Crippen LogP contribution in [-0.2, 0) is 14.0 Å². The third-order valence-corrected chi connectivity index (χ3v) is 7.97. The van der Waals surface area contributed by atoms with Crippen molar-refractivity contribution in [3.63, 3.8) is 0 Å². The van der Waals surface area contributed by atoms with Gasteiger partial charge in [-0.05, 0) is 85.6 Å². The van der Waals surface area contributed by atoms with Gasteiger partial charge in [0.25, 0.3) is 0 Å². The number of amides is 1. The van der Waals surface area contributed by atoms with Gasteiger partial charge in [0.15, 0.2) is 0 Å². The Morgan fingerprint density at radius 2 is 1.55 bits per heavy atom. The first-order chi connectivity index (χ1) is 18.0. The van der Waals surface area contributed by atoms with Crippen molar-refractivity contribution in [2.45, 2.75) is 51.7 Å². The summed E-state index contributed by atoms with van der Waals surface area (Å²) in [7, 11) is -0.617. The van der Waals surface area contributed by atoms with Crippen molar-refractivity contribution in [2.24, 2.45) is 0 Å². The Kier molecular flexibility index (Phi) is 7.16. The molecule has 0 radical (unpaired) electrons. The van der Waals surface area contributed by atoms with Crippen LogP contribution in [0.2, 0.25) is 5.02 Å². The average Bonchev–Trinajstić information content (AvgIpc) is 3.29. The topological polar surface area (TPSA) is 56.8 Å². The first kappa shape index (κ1) is 26.5. The number of aryl methyl sites for hydroxylation is 1. The van der Waals surface area contributed by atoms with Gasteiger partial charge in [-0.3, -0.25) is 0 Å². The van der Waals surface area contributed by atoms with E-state index in [4.69, 9.17) is 25.6 Å². The summed E-state index contributed by atoms with van der Waals surface area (Å²) in [5.41, 5.74) is 6.45. The lowest BCUT2D eigenvalue weighted by atomic mass is 9.77. The molecule has 2 aliphatic rings. The van der Waals surface area contributed by atoms with Crippen molar-refractivity contribution in [3.05, 3.63) is 99.5 Å². The molecule has 0 bridgehead atoms. The second kappa shape index (κ2) is 10.3. The van der Waals surface area contributed by atoms with Crippen LogP contribution >= 0.6 is 11.6 Å². The molecule has 0 spiro atoms. The summed E-state index contributed by atoms with van der Waals surface area (Å²) < 4.78 is 18.3. The molecule has 1 aliphatic heterocycles. The van der Waals surface area contributed by atoms with Gasteiger partial charge < -0.3 is 19.4 Å². The molecule has 7 heteroatoms. The van der Waals surface area contributed by atoms with Crippen LogP contribution in [0.25, 0.3) is 17.2 Å². The van der Waals surface area contributed by atoms with Crippen molar-refractivity contribution >= 4 is 30.9 Å². The first-order valence-corrected chi connectivity index (χ1v) is 13.3. The summed E-state index contributed by atoms with van der Waals surface area (Å²) in [5.74, 6) is 0.000644. The molecule has 0 saturated carbocycles. The molecule has 196 valence electrons. The summed E-state index contributed by atoms with van der Waals surface area (Å²) in [4.78, 5) is 12.9. The SMILES string of the molecule is Cc1cc(Cl)cc(C=C(CNC(=O)OCC2c3ccccc3-c3ccccc32)B2OC(C)(C)C(C)(C)O2)c1. The van der Waals surface area contributed by atoms with Crippen molar-refractivity contribution < 1.29 is 18.8 Å². The van der Waals surface area contributed by atoms with E-state index in [1.807, 2.05) is 83.2 Å². The predicted molar refractivity (Wildman–Crippen MR) is 153 cm³/mol. The van der Waals surface area contributed by atoms with Crippen LogP contribution in [0.15, 0.2) is 72.2 Å². The highest BCUT2D eigenvalue weighted by atomic mass is 35.5. The number of rotatable bonds is 6. The highest BCUT2D eigenvalue weighted by Crippen LogP contribution is 2.44. The Morgan fingerprint density at radius 1 is 0.974 bits per heavy atom. The zero-order valence-corrected chi connectivity index (χ0v) is 23.3. The Morgan fingerprint density at radius 3 is 2.13 bits per heavy atom. The molecule has 1 N–H and O–H groups in total. The molecule has 38 heavy (non-hydrogen) atoms. The number of fused-ring (bicyclic) bond motifs is 3. The lowest BCUT2D eigenvalue weighted by Gasteiger charge is -2.32. The van der Waals surface area contributed by atoms with Crippen LogP contribution in [0.3, 0.4) is 0 Å². The monoisotopic (exact) mass is 529 g/mol. The van der Waals surface area contributed by atoms with E-state index >= 15 is 0 Å². The summed E-state index contributed by atoms with van der Waals surface area (Å²) in [6, 6.07) is 22.4. The first-order valence-electron chi connectivity index (χ1n) is 13.0. The van der Waals surface area contributed by atoms with Gasteiger partial charge in [0.1, 0.15) is 6.61 Å². The van der Waals surface area contributed by atoms with Crippen LogP contribution in [0.1, 0.15) is 55.9 Å². The van der Waals surface area contributed by atoms with Crippen molar-refractivity contribution in [2.75, 3.05) is 13.2 Å². The summed E-state index contributed by atoms with van der Waals surface area (Å²) in [6.07, 6.45) is 1.47. The van der Waals surface area contributed by atoms with Gasteiger partial charge in [-0.15, -0.1) is 0 Å². The molecule has 1 saturated heterocycles. The van der Waals surface area contributed by atoms with Crippen molar-refractivity contribution in [1.82, 2.24) is 5.32 Å². The summed E-state index contributed by atoms with van der Waals surface area (Å²) >= 11 is 6.31. The van der Waals surface area contributed by atoms with E-state index in [-0.39, 0.29) is 19.1 Å². The lowest BCUT2D eigenvalue weighted by Crippen LogP contribution is -2.41. The normalized spacial score (nSPS) is 17.7. The number of carbonyl (C=O) groups excluding carboxylic acids is 1. The van der Waals surface area contributed by atoms with E-state index in [1.165, 1.54) is 22.3 Å². The van der Waals surface area contributed by atoms with Crippen molar-refractivity contribution in [1.29, 1.82) is 0 Å². The molecule has 5 rings (SSSR count). The fourth-order valence-electron chi connectivity index (χ4n) is 5.08. The Bertz CT molecular complexity index is 1320. The summed E-state index contributed by atoms with van der Waals surface area (Å²) in [5, 5.41) is 3.56. The number of halogens is 1. The third kappa shape index (κ3) is 5.26. The van der Waals surface area contributed by atoms with E-state index in [0.717, 1.165) is 16.6 Å². The van der Waals surface area contributed by atoms with Crippen LogP contribution in [-0.4, -0.2) is 37.6 Å². The molecule has 1 aliphatic carbocycles. The molecule has 1 heterocycles. The van der Waals surface area contributed by atoms with Crippen LogP contribution in [0.5, 0.6) is 0 Å². The van der Waals surface area contributed by atoms with Crippen LogP contribution in [0, 0.1) is 6.92 Å². The average molecular weight is 530 g/mol. The van der Waals surface area contributed by atoms with Crippen LogP contribution in [0.4, 0.5) is 4.79 Å². The molecule has 0 atom stereocenters. The molecule has 3 aromatic rings. The zero-order valence-electron chi connectivity index (χ0n) is 22.5. The molecule has 5 nitrogen and oxygen atoms in total. The van der Waals surface area contributed by atoms with Gasteiger partial charge in [0, 0.05) is 17.5 Å². The lowest BCUT2D eigenvalue weighted by molar-refractivity contribution is 0.00578. The van der Waals surface area contributed by atoms with Gasteiger partial charge in [-0.1, -0.05) is 72.3 Å². The van der Waals surface area contributed by atoms with Gasteiger partial charge in [-0.25, -0.2) is 4.79 Å². The van der Waals surface area contributed by atoms with Gasteiger partial charge in [-0.2, -0.15) is 0 Å². The quantitative estimate of drug-likeness (QED) is 0.343. The van der Waals surface area contributed by atoms with Gasteiger partial charge in [0.2, 0.25) is 0 Å². The minimum atomic E-state index is -0.617. The molecule has 0 unspecified atom stereocenters. The van der Waals surface area contributed by atoms with E-state index < -0.39 is 24.4 Å². The maximum absolute atomic E-state index is 12.9. The largest absolute Gasteiger partial charge is 0.492 e. The Balaban J connectivity index is 1.31. The third-order valence-electron chi connectivity index (χ3n) is 7.75. The summed E-state index contributed by atoms with van der Waals surface area (Å²) in [6.45, 7) is 10.5. The van der Waals surface area contributed by atoms with Gasteiger partial charge >= 0.3 is 13.2 Å². The number of benzene rings is 3. The maximum atomic E-state index is 12.9.